The van der Waals surface area contributed by atoms with Gasteiger partial charge in [0.2, 0.25) is 10.0 Å². The third-order valence-electron chi connectivity index (χ3n) is 5.16. The molecular formula is C25H27N3O6S. The Morgan fingerprint density at radius 2 is 1.80 bits per heavy atom. The number of sulfonamides is 1. The molecular weight excluding hydrogens is 470 g/mol. The molecule has 9 nitrogen and oxygen atoms in total. The standard InChI is InChI=1S/C25H27N3O6S/c1-18(2)33-24-10-9-22(35(30,31)28-12-14-32-15-13-28)16-23(24)27-25(29)19-5-7-20(8-6-19)34-21-4-3-11-26-17-21/h3-11,16-18H,12-15H2,1-2H3,(H,27,29). The van der Waals surface area contributed by atoms with E-state index in [1.165, 1.54) is 16.4 Å². The Hall–Kier alpha value is -3.47. The quantitative estimate of drug-likeness (QED) is 0.502. The maximum atomic E-state index is 13.1. The number of hydrogen-bond acceptors (Lipinski definition) is 7. The molecule has 0 atom stereocenters. The van der Waals surface area contributed by atoms with Crippen molar-refractivity contribution in [3.8, 4) is 17.2 Å². The van der Waals surface area contributed by atoms with Gasteiger partial charge in [-0.05, 0) is 68.4 Å². The molecule has 0 unspecified atom stereocenters. The summed E-state index contributed by atoms with van der Waals surface area (Å²) in [5.74, 6) is 1.11. The number of carbonyl (C=O) groups excluding carboxylic acids is 1. The number of morpholine rings is 1. The van der Waals surface area contributed by atoms with Crippen LogP contribution < -0.4 is 14.8 Å². The lowest BCUT2D eigenvalue weighted by Crippen LogP contribution is -2.40. The van der Waals surface area contributed by atoms with E-state index in [1.54, 1.807) is 54.9 Å². The van der Waals surface area contributed by atoms with Crippen LogP contribution in [-0.4, -0.2) is 56.0 Å². The monoisotopic (exact) mass is 497 g/mol. The molecule has 0 saturated carbocycles. The molecule has 2 aromatic carbocycles. The smallest absolute Gasteiger partial charge is 0.255 e. The fraction of sp³-hybridized carbons (Fsp3) is 0.280. The second-order valence-electron chi connectivity index (χ2n) is 8.11. The minimum atomic E-state index is -3.74. The van der Waals surface area contributed by atoms with Gasteiger partial charge in [-0.25, -0.2) is 8.42 Å². The van der Waals surface area contributed by atoms with E-state index < -0.39 is 15.9 Å². The average Bonchev–Trinajstić information content (AvgIpc) is 2.86. The lowest BCUT2D eigenvalue weighted by molar-refractivity contribution is 0.0730. The molecule has 0 spiro atoms. The highest BCUT2D eigenvalue weighted by Gasteiger charge is 2.27. The third kappa shape index (κ3) is 6.16. The van der Waals surface area contributed by atoms with Crippen LogP contribution in [0.25, 0.3) is 0 Å². The van der Waals surface area contributed by atoms with Gasteiger partial charge in [-0.15, -0.1) is 0 Å². The van der Waals surface area contributed by atoms with Crippen molar-refractivity contribution in [1.29, 1.82) is 0 Å². The summed E-state index contributed by atoms with van der Waals surface area (Å²) < 4.78 is 44.4. The third-order valence-corrected chi connectivity index (χ3v) is 7.05. The minimum absolute atomic E-state index is 0.0750. The Labute approximate surface area is 204 Å². The Kier molecular flexibility index (Phi) is 7.64. The van der Waals surface area contributed by atoms with Gasteiger partial charge >= 0.3 is 0 Å². The highest BCUT2D eigenvalue weighted by Crippen LogP contribution is 2.31. The molecule has 0 aliphatic carbocycles. The van der Waals surface area contributed by atoms with Crippen molar-refractivity contribution in [2.24, 2.45) is 0 Å². The minimum Gasteiger partial charge on any atom is -0.489 e. The SMILES string of the molecule is CC(C)Oc1ccc(S(=O)(=O)N2CCOCC2)cc1NC(=O)c1ccc(Oc2cccnc2)cc1. The second-order valence-corrected chi connectivity index (χ2v) is 10.0. The van der Waals surface area contributed by atoms with Gasteiger partial charge in [0.05, 0.1) is 36.1 Å². The van der Waals surface area contributed by atoms with Gasteiger partial charge in [0.1, 0.15) is 17.2 Å². The van der Waals surface area contributed by atoms with Crippen molar-refractivity contribution in [1.82, 2.24) is 9.29 Å². The molecule has 35 heavy (non-hydrogen) atoms. The van der Waals surface area contributed by atoms with E-state index in [1.807, 2.05) is 13.8 Å². The molecule has 1 aromatic heterocycles. The number of amides is 1. The molecule has 1 aliphatic rings. The van der Waals surface area contributed by atoms with Gasteiger partial charge in [-0.2, -0.15) is 4.31 Å². The average molecular weight is 498 g/mol. The normalized spacial score (nSPS) is 14.5. The van der Waals surface area contributed by atoms with E-state index in [-0.39, 0.29) is 29.8 Å². The number of ether oxygens (including phenoxy) is 3. The zero-order valence-electron chi connectivity index (χ0n) is 19.5. The van der Waals surface area contributed by atoms with Gasteiger partial charge in [0.15, 0.2) is 0 Å². The van der Waals surface area contributed by atoms with E-state index in [4.69, 9.17) is 14.2 Å². The van der Waals surface area contributed by atoms with Crippen LogP contribution in [-0.2, 0) is 14.8 Å². The number of benzene rings is 2. The number of pyridine rings is 1. The second kappa shape index (κ2) is 10.9. The van der Waals surface area contributed by atoms with Gasteiger partial charge < -0.3 is 19.5 Å². The Balaban J connectivity index is 1.55. The number of aromatic nitrogens is 1. The van der Waals surface area contributed by atoms with Crippen LogP contribution in [0, 0.1) is 0 Å². The van der Waals surface area contributed by atoms with Crippen molar-refractivity contribution in [2.45, 2.75) is 24.8 Å². The summed E-state index contributed by atoms with van der Waals surface area (Å²) >= 11 is 0. The summed E-state index contributed by atoms with van der Waals surface area (Å²) in [6, 6.07) is 14.6. The van der Waals surface area contributed by atoms with Crippen LogP contribution in [0.3, 0.4) is 0 Å². The molecule has 1 aliphatic heterocycles. The van der Waals surface area contributed by atoms with Crippen LogP contribution in [0.15, 0.2) is 71.9 Å². The first kappa shape index (κ1) is 24.6. The van der Waals surface area contributed by atoms with Crippen LogP contribution in [0.4, 0.5) is 5.69 Å². The molecule has 3 aromatic rings. The van der Waals surface area contributed by atoms with E-state index >= 15 is 0 Å². The Morgan fingerprint density at radius 1 is 1.06 bits per heavy atom. The largest absolute Gasteiger partial charge is 0.489 e. The molecule has 1 fully saturated rings. The summed E-state index contributed by atoms with van der Waals surface area (Å²) in [4.78, 5) is 17.1. The molecule has 0 bridgehead atoms. The van der Waals surface area contributed by atoms with Crippen LogP contribution in [0.1, 0.15) is 24.2 Å². The number of nitrogens with one attached hydrogen (secondary N) is 1. The van der Waals surface area contributed by atoms with Crippen molar-refractivity contribution in [2.75, 3.05) is 31.6 Å². The van der Waals surface area contributed by atoms with Crippen molar-refractivity contribution >= 4 is 21.6 Å². The maximum absolute atomic E-state index is 13.1. The molecule has 2 heterocycles. The fourth-order valence-corrected chi connectivity index (χ4v) is 4.91. The number of carbonyl (C=O) groups is 1. The maximum Gasteiger partial charge on any atom is 0.255 e. The van der Waals surface area contributed by atoms with Gasteiger partial charge in [0, 0.05) is 24.8 Å². The van der Waals surface area contributed by atoms with Gasteiger partial charge in [-0.1, -0.05) is 0 Å². The van der Waals surface area contributed by atoms with E-state index in [0.717, 1.165) is 0 Å². The zero-order chi connectivity index (χ0) is 24.8. The molecule has 184 valence electrons. The molecule has 1 saturated heterocycles. The molecule has 1 N–H and O–H groups in total. The molecule has 1 amide bonds. The number of hydrogen-bond donors (Lipinski definition) is 1. The lowest BCUT2D eigenvalue weighted by Gasteiger charge is -2.26. The van der Waals surface area contributed by atoms with E-state index in [9.17, 15) is 13.2 Å². The number of anilines is 1. The summed E-state index contributed by atoms with van der Waals surface area (Å²) in [5.41, 5.74) is 0.647. The number of nitrogens with zero attached hydrogens (tertiary/aromatic N) is 2. The van der Waals surface area contributed by atoms with E-state index in [0.29, 0.717) is 36.0 Å². The topological polar surface area (TPSA) is 107 Å². The molecule has 0 radical (unpaired) electrons. The molecule has 4 rings (SSSR count). The van der Waals surface area contributed by atoms with Gasteiger partial charge in [0.25, 0.3) is 5.91 Å². The summed E-state index contributed by atoms with van der Waals surface area (Å²) in [6.07, 6.45) is 3.07. The van der Waals surface area contributed by atoms with Crippen LogP contribution >= 0.6 is 0 Å². The first-order chi connectivity index (χ1) is 16.8. The van der Waals surface area contributed by atoms with Crippen molar-refractivity contribution < 1.29 is 27.4 Å². The summed E-state index contributed by atoms with van der Waals surface area (Å²) in [6.45, 7) is 4.95. The predicted molar refractivity (Wildman–Crippen MR) is 130 cm³/mol. The first-order valence-electron chi connectivity index (χ1n) is 11.2. The summed E-state index contributed by atoms with van der Waals surface area (Å²) in [7, 11) is -3.74. The summed E-state index contributed by atoms with van der Waals surface area (Å²) in [5, 5.41) is 2.79. The highest BCUT2D eigenvalue weighted by atomic mass is 32.2. The van der Waals surface area contributed by atoms with Crippen LogP contribution in [0.5, 0.6) is 17.2 Å². The Bertz CT molecular complexity index is 1260. The van der Waals surface area contributed by atoms with E-state index in [2.05, 4.69) is 10.3 Å². The van der Waals surface area contributed by atoms with Gasteiger partial charge in [-0.3, -0.25) is 9.78 Å². The van der Waals surface area contributed by atoms with Crippen molar-refractivity contribution in [3.05, 3.63) is 72.6 Å². The highest BCUT2D eigenvalue weighted by molar-refractivity contribution is 7.89. The van der Waals surface area contributed by atoms with Crippen LogP contribution in [0.2, 0.25) is 0 Å². The lowest BCUT2D eigenvalue weighted by atomic mass is 10.2. The Morgan fingerprint density at radius 3 is 2.46 bits per heavy atom. The molecule has 10 heteroatoms. The first-order valence-corrected chi connectivity index (χ1v) is 12.6. The van der Waals surface area contributed by atoms with Crippen molar-refractivity contribution in [3.63, 3.8) is 0 Å². The predicted octanol–water partition coefficient (Wildman–Crippen LogP) is 3.93. The zero-order valence-corrected chi connectivity index (χ0v) is 20.3. The fourth-order valence-electron chi connectivity index (χ4n) is 3.47. The number of rotatable bonds is 8.